The number of nitrogens with one attached hydrogen (secondary N) is 2. The predicted octanol–water partition coefficient (Wildman–Crippen LogP) is 4.21. The van der Waals surface area contributed by atoms with Gasteiger partial charge in [0, 0.05) is 25.7 Å². The summed E-state index contributed by atoms with van der Waals surface area (Å²) >= 11 is 3.11. The van der Waals surface area contributed by atoms with Gasteiger partial charge in [-0.15, -0.1) is 24.0 Å². The van der Waals surface area contributed by atoms with Crippen LogP contribution in [-0.4, -0.2) is 13.0 Å². The summed E-state index contributed by atoms with van der Waals surface area (Å²) in [5.41, 5.74) is 1.34. The van der Waals surface area contributed by atoms with E-state index >= 15 is 0 Å². The molecule has 0 heterocycles. The Bertz CT molecular complexity index is 680. The quantitative estimate of drug-likeness (QED) is 0.378. The Labute approximate surface area is 159 Å². The molecule has 0 fully saturated rings. The monoisotopic (exact) mass is 495 g/mol. The van der Waals surface area contributed by atoms with Gasteiger partial charge in [-0.2, -0.15) is 0 Å². The summed E-state index contributed by atoms with van der Waals surface area (Å²) < 4.78 is 27.4. The number of rotatable bonds is 4. The Morgan fingerprint density at radius 1 is 1.04 bits per heavy atom. The first-order chi connectivity index (χ1) is 10.6. The van der Waals surface area contributed by atoms with Gasteiger partial charge in [0.05, 0.1) is 4.47 Å². The largest absolute Gasteiger partial charge is 0.352 e. The van der Waals surface area contributed by atoms with E-state index in [-0.39, 0.29) is 35.6 Å². The van der Waals surface area contributed by atoms with Gasteiger partial charge < -0.3 is 10.6 Å². The van der Waals surface area contributed by atoms with Gasteiger partial charge >= 0.3 is 0 Å². The molecule has 2 rings (SSSR count). The van der Waals surface area contributed by atoms with Crippen LogP contribution >= 0.6 is 39.9 Å². The van der Waals surface area contributed by atoms with Gasteiger partial charge in [-0.3, -0.25) is 4.99 Å². The molecule has 0 aromatic heterocycles. The van der Waals surface area contributed by atoms with E-state index in [9.17, 15) is 8.78 Å². The second kappa shape index (κ2) is 9.82. The fourth-order valence-corrected chi connectivity index (χ4v) is 2.12. The molecule has 3 nitrogen and oxygen atoms in total. The van der Waals surface area contributed by atoms with Crippen LogP contribution in [0.5, 0.6) is 0 Å². The Morgan fingerprint density at radius 3 is 2.39 bits per heavy atom. The molecule has 7 heteroatoms. The van der Waals surface area contributed by atoms with Crippen molar-refractivity contribution in [2.45, 2.75) is 13.1 Å². The second-order valence-corrected chi connectivity index (χ2v) is 5.47. The lowest BCUT2D eigenvalue weighted by molar-refractivity contribution is 0.604. The van der Waals surface area contributed by atoms with Gasteiger partial charge in [0.2, 0.25) is 0 Å². The van der Waals surface area contributed by atoms with Crippen LogP contribution in [0.1, 0.15) is 11.1 Å². The molecule has 0 aliphatic carbocycles. The molecule has 0 atom stereocenters. The molecular weight excluding hydrogens is 479 g/mol. The van der Waals surface area contributed by atoms with Crippen molar-refractivity contribution >= 4 is 45.9 Å². The van der Waals surface area contributed by atoms with Gasteiger partial charge in [0.1, 0.15) is 11.6 Å². The number of aliphatic imine (C=N–C) groups is 1. The van der Waals surface area contributed by atoms with E-state index in [1.807, 2.05) is 6.07 Å². The standard InChI is InChI=1S/C16H16BrF2N3.HI/c1-20-16(22-10-12-4-2-3-5-14(12)18)21-9-11-6-7-13(17)15(19)8-11;/h2-8H,9-10H2,1H3,(H2,20,21,22);1H. The van der Waals surface area contributed by atoms with Gasteiger partial charge in [-0.1, -0.05) is 24.3 Å². The summed E-state index contributed by atoms with van der Waals surface area (Å²) in [6.45, 7) is 0.738. The lowest BCUT2D eigenvalue weighted by Crippen LogP contribution is -2.36. The highest BCUT2D eigenvalue weighted by atomic mass is 127. The summed E-state index contributed by atoms with van der Waals surface area (Å²) in [5.74, 6) is -0.0550. The molecule has 0 saturated carbocycles. The highest BCUT2D eigenvalue weighted by Gasteiger charge is 2.04. The Hall–Kier alpha value is -1.22. The molecule has 0 aliphatic rings. The van der Waals surface area contributed by atoms with Crippen molar-refractivity contribution < 1.29 is 8.78 Å². The van der Waals surface area contributed by atoms with Crippen molar-refractivity contribution in [3.05, 3.63) is 69.7 Å². The lowest BCUT2D eigenvalue weighted by Gasteiger charge is -2.12. The summed E-state index contributed by atoms with van der Waals surface area (Å²) in [6, 6.07) is 11.5. The summed E-state index contributed by atoms with van der Waals surface area (Å²) in [6.07, 6.45) is 0. The molecule has 0 aliphatic heterocycles. The highest BCUT2D eigenvalue weighted by molar-refractivity contribution is 14.0. The second-order valence-electron chi connectivity index (χ2n) is 4.62. The number of hydrogen-bond acceptors (Lipinski definition) is 1. The van der Waals surface area contributed by atoms with E-state index in [0.717, 1.165) is 5.56 Å². The fourth-order valence-electron chi connectivity index (χ4n) is 1.88. The minimum Gasteiger partial charge on any atom is -0.352 e. The molecule has 124 valence electrons. The van der Waals surface area contributed by atoms with Crippen LogP contribution in [0, 0.1) is 11.6 Å². The Kier molecular flexibility index (Phi) is 8.46. The first kappa shape index (κ1) is 19.8. The van der Waals surface area contributed by atoms with Gasteiger partial charge in [-0.25, -0.2) is 8.78 Å². The molecule has 0 radical (unpaired) electrons. The average Bonchev–Trinajstić information content (AvgIpc) is 2.52. The molecule has 2 N–H and O–H groups in total. The topological polar surface area (TPSA) is 36.4 Å². The van der Waals surface area contributed by atoms with Crippen molar-refractivity contribution in [2.24, 2.45) is 4.99 Å². The van der Waals surface area contributed by atoms with E-state index < -0.39 is 0 Å². The molecule has 0 unspecified atom stereocenters. The SMILES string of the molecule is CN=C(NCc1ccc(Br)c(F)c1)NCc1ccccc1F.I. The fraction of sp³-hybridized carbons (Fsp3) is 0.188. The maximum Gasteiger partial charge on any atom is 0.191 e. The van der Waals surface area contributed by atoms with E-state index in [1.165, 1.54) is 12.1 Å². The predicted molar refractivity (Wildman–Crippen MR) is 103 cm³/mol. The normalized spacial score (nSPS) is 10.9. The molecule has 0 saturated heterocycles. The van der Waals surface area contributed by atoms with Crippen molar-refractivity contribution in [3.8, 4) is 0 Å². The number of guanidine groups is 1. The summed E-state index contributed by atoms with van der Waals surface area (Å²) in [5, 5.41) is 6.08. The van der Waals surface area contributed by atoms with Gasteiger partial charge in [0.15, 0.2) is 5.96 Å². The van der Waals surface area contributed by atoms with E-state index in [0.29, 0.717) is 29.1 Å². The number of nitrogens with zero attached hydrogens (tertiary/aromatic N) is 1. The summed E-state index contributed by atoms with van der Waals surface area (Å²) in [7, 11) is 1.62. The van der Waals surface area contributed by atoms with Crippen LogP contribution in [0.4, 0.5) is 8.78 Å². The van der Waals surface area contributed by atoms with Crippen LogP contribution in [0.2, 0.25) is 0 Å². The van der Waals surface area contributed by atoms with Crippen molar-refractivity contribution in [3.63, 3.8) is 0 Å². The molecule has 0 spiro atoms. The third-order valence-corrected chi connectivity index (χ3v) is 3.71. The van der Waals surface area contributed by atoms with Crippen LogP contribution in [0.3, 0.4) is 0 Å². The number of halogens is 4. The zero-order valence-electron chi connectivity index (χ0n) is 12.4. The maximum atomic E-state index is 13.5. The molecular formula is C16H17BrF2IN3. The van der Waals surface area contributed by atoms with E-state index in [1.54, 1.807) is 31.3 Å². The third-order valence-electron chi connectivity index (χ3n) is 3.07. The van der Waals surface area contributed by atoms with Crippen LogP contribution in [0.25, 0.3) is 0 Å². The zero-order valence-corrected chi connectivity index (χ0v) is 16.4. The van der Waals surface area contributed by atoms with Gasteiger partial charge in [0.25, 0.3) is 0 Å². The van der Waals surface area contributed by atoms with Crippen LogP contribution < -0.4 is 10.6 Å². The Morgan fingerprint density at radius 2 is 1.74 bits per heavy atom. The zero-order chi connectivity index (χ0) is 15.9. The van der Waals surface area contributed by atoms with Crippen molar-refractivity contribution in [2.75, 3.05) is 7.05 Å². The first-order valence-corrected chi connectivity index (χ1v) is 7.51. The van der Waals surface area contributed by atoms with Crippen molar-refractivity contribution in [1.29, 1.82) is 0 Å². The maximum absolute atomic E-state index is 13.5. The first-order valence-electron chi connectivity index (χ1n) is 6.72. The molecule has 23 heavy (non-hydrogen) atoms. The van der Waals surface area contributed by atoms with E-state index in [4.69, 9.17) is 0 Å². The molecule has 2 aromatic rings. The van der Waals surface area contributed by atoms with Crippen LogP contribution in [0.15, 0.2) is 51.9 Å². The average molecular weight is 496 g/mol. The smallest absolute Gasteiger partial charge is 0.191 e. The molecule has 0 bridgehead atoms. The minimum absolute atomic E-state index is 0. The molecule has 0 amide bonds. The van der Waals surface area contributed by atoms with Gasteiger partial charge in [-0.05, 0) is 39.7 Å². The van der Waals surface area contributed by atoms with E-state index in [2.05, 4.69) is 31.6 Å². The lowest BCUT2D eigenvalue weighted by atomic mass is 10.2. The highest BCUT2D eigenvalue weighted by Crippen LogP contribution is 2.16. The molecule has 2 aromatic carbocycles. The third kappa shape index (κ3) is 6.06. The van der Waals surface area contributed by atoms with Crippen molar-refractivity contribution in [1.82, 2.24) is 10.6 Å². The number of hydrogen-bond donors (Lipinski definition) is 2. The minimum atomic E-state index is -0.311. The van der Waals surface area contributed by atoms with Crippen LogP contribution in [-0.2, 0) is 13.1 Å². The summed E-state index contributed by atoms with van der Waals surface area (Å²) in [4.78, 5) is 4.06. The Balaban J connectivity index is 0.00000264. The number of benzene rings is 2.